The van der Waals surface area contributed by atoms with E-state index in [9.17, 15) is 13.2 Å². The summed E-state index contributed by atoms with van der Waals surface area (Å²) in [5.74, 6) is 0.219. The minimum Gasteiger partial charge on any atom is -0.295 e. The molecule has 5 heteroatoms. The van der Waals surface area contributed by atoms with Gasteiger partial charge < -0.3 is 0 Å². The number of ketones is 1. The van der Waals surface area contributed by atoms with Gasteiger partial charge in [-0.15, -0.1) is 0 Å². The lowest BCUT2D eigenvalue weighted by Crippen LogP contribution is -2.13. The summed E-state index contributed by atoms with van der Waals surface area (Å²) in [6, 6.07) is 13.3. The highest BCUT2D eigenvalue weighted by atomic mass is 32.2. The topological polar surface area (TPSA) is 63.2 Å². The first kappa shape index (κ1) is 16.2. The van der Waals surface area contributed by atoms with E-state index < -0.39 is 10.0 Å². The number of hydrogen-bond acceptors (Lipinski definition) is 3. The largest absolute Gasteiger partial charge is 0.295 e. The van der Waals surface area contributed by atoms with Crippen molar-refractivity contribution in [3.05, 3.63) is 59.7 Å². The molecule has 0 unspecified atom stereocenters. The van der Waals surface area contributed by atoms with Crippen LogP contribution in [0.25, 0.3) is 0 Å². The van der Waals surface area contributed by atoms with Gasteiger partial charge in [-0.3, -0.25) is 9.52 Å². The van der Waals surface area contributed by atoms with E-state index in [0.717, 1.165) is 5.56 Å². The van der Waals surface area contributed by atoms with Crippen LogP contribution in [0.3, 0.4) is 0 Å². The van der Waals surface area contributed by atoms with Crippen molar-refractivity contribution in [3.8, 4) is 0 Å². The number of hydrogen-bond donors (Lipinski definition) is 1. The molecule has 22 heavy (non-hydrogen) atoms. The Kier molecular flexibility index (Phi) is 4.66. The molecule has 0 aromatic heterocycles. The average Bonchev–Trinajstić information content (AvgIpc) is 2.47. The number of carbonyl (C=O) groups excluding carboxylic acids is 1. The van der Waals surface area contributed by atoms with Gasteiger partial charge in [0.25, 0.3) is 10.0 Å². The number of nitrogens with one attached hydrogen (secondary N) is 1. The summed E-state index contributed by atoms with van der Waals surface area (Å²) in [6.45, 7) is 5.56. The first-order valence-corrected chi connectivity index (χ1v) is 8.51. The van der Waals surface area contributed by atoms with Crippen molar-refractivity contribution < 1.29 is 13.2 Å². The van der Waals surface area contributed by atoms with E-state index in [1.54, 1.807) is 24.3 Å². The molecule has 1 N–H and O–H groups in total. The van der Waals surface area contributed by atoms with Crippen molar-refractivity contribution in [2.75, 3.05) is 4.72 Å². The van der Waals surface area contributed by atoms with E-state index in [1.165, 1.54) is 19.1 Å². The van der Waals surface area contributed by atoms with Gasteiger partial charge in [0.05, 0.1) is 4.90 Å². The molecule has 0 saturated carbocycles. The zero-order valence-electron chi connectivity index (χ0n) is 12.8. The second kappa shape index (κ2) is 6.32. The van der Waals surface area contributed by atoms with E-state index in [1.807, 2.05) is 12.1 Å². The first-order chi connectivity index (χ1) is 10.3. The number of benzene rings is 2. The second-order valence-electron chi connectivity index (χ2n) is 5.47. The highest BCUT2D eigenvalue weighted by Gasteiger charge is 2.15. The van der Waals surface area contributed by atoms with E-state index in [2.05, 4.69) is 18.6 Å². The normalized spacial score (nSPS) is 11.5. The maximum Gasteiger partial charge on any atom is 0.261 e. The van der Waals surface area contributed by atoms with Crippen LogP contribution in [0, 0.1) is 0 Å². The van der Waals surface area contributed by atoms with Gasteiger partial charge in [0.1, 0.15) is 0 Å². The summed E-state index contributed by atoms with van der Waals surface area (Å²) in [4.78, 5) is 11.4. The fraction of sp³-hybridized carbons (Fsp3) is 0.235. The Morgan fingerprint density at radius 3 is 2.23 bits per heavy atom. The molecule has 0 aliphatic heterocycles. The average molecular weight is 317 g/mol. The van der Waals surface area contributed by atoms with Crippen LogP contribution in [0.5, 0.6) is 0 Å². The molecule has 116 valence electrons. The summed E-state index contributed by atoms with van der Waals surface area (Å²) in [5.41, 5.74) is 2.01. The van der Waals surface area contributed by atoms with Gasteiger partial charge in [0, 0.05) is 11.3 Å². The Labute approximate surface area is 131 Å². The molecule has 2 aromatic rings. The van der Waals surface area contributed by atoms with Crippen LogP contribution in [0.1, 0.15) is 42.6 Å². The Balaban J connectivity index is 2.27. The Bertz CT molecular complexity index is 778. The van der Waals surface area contributed by atoms with Crippen molar-refractivity contribution in [1.29, 1.82) is 0 Å². The highest BCUT2D eigenvalue weighted by Crippen LogP contribution is 2.20. The summed E-state index contributed by atoms with van der Waals surface area (Å²) in [7, 11) is -3.70. The monoisotopic (exact) mass is 317 g/mol. The first-order valence-electron chi connectivity index (χ1n) is 7.03. The van der Waals surface area contributed by atoms with Gasteiger partial charge in [0.2, 0.25) is 0 Å². The predicted octanol–water partition coefficient (Wildman–Crippen LogP) is 3.81. The van der Waals surface area contributed by atoms with E-state index in [-0.39, 0.29) is 10.7 Å². The Hall–Kier alpha value is -2.14. The van der Waals surface area contributed by atoms with Crippen molar-refractivity contribution in [1.82, 2.24) is 0 Å². The third-order valence-electron chi connectivity index (χ3n) is 3.38. The molecule has 0 aliphatic rings. The van der Waals surface area contributed by atoms with Crippen molar-refractivity contribution in [2.45, 2.75) is 31.6 Å². The van der Waals surface area contributed by atoms with E-state index >= 15 is 0 Å². The SMILES string of the molecule is CC(=O)c1cccc(S(=O)(=O)Nc2ccc(C(C)C)cc2)c1. The van der Waals surface area contributed by atoms with Crippen LogP contribution in [0.4, 0.5) is 5.69 Å². The molecule has 0 saturated heterocycles. The lowest BCUT2D eigenvalue weighted by Gasteiger charge is -2.10. The molecule has 2 rings (SSSR count). The summed E-state index contributed by atoms with van der Waals surface area (Å²) < 4.78 is 27.3. The van der Waals surface area contributed by atoms with Crippen LogP contribution in [0.2, 0.25) is 0 Å². The second-order valence-corrected chi connectivity index (χ2v) is 7.15. The van der Waals surface area contributed by atoms with Crippen molar-refractivity contribution in [2.24, 2.45) is 0 Å². The molecule has 0 amide bonds. The molecular formula is C17H19NO3S. The lowest BCUT2D eigenvalue weighted by molar-refractivity contribution is 0.101. The Morgan fingerprint density at radius 1 is 1.05 bits per heavy atom. The van der Waals surface area contributed by atoms with Gasteiger partial charge >= 0.3 is 0 Å². The van der Waals surface area contributed by atoms with Crippen LogP contribution in [-0.2, 0) is 10.0 Å². The fourth-order valence-electron chi connectivity index (χ4n) is 2.03. The number of anilines is 1. The lowest BCUT2D eigenvalue weighted by atomic mass is 10.0. The molecule has 0 fully saturated rings. The van der Waals surface area contributed by atoms with Crippen molar-refractivity contribution >= 4 is 21.5 Å². The predicted molar refractivity (Wildman–Crippen MR) is 87.8 cm³/mol. The van der Waals surface area contributed by atoms with Crippen molar-refractivity contribution in [3.63, 3.8) is 0 Å². The molecule has 0 atom stereocenters. The number of Topliss-reactive ketones (excluding diaryl/α,β-unsaturated/α-hetero) is 1. The molecule has 0 aliphatic carbocycles. The third-order valence-corrected chi connectivity index (χ3v) is 4.76. The summed E-state index contributed by atoms with van der Waals surface area (Å²) >= 11 is 0. The molecule has 0 bridgehead atoms. The molecular weight excluding hydrogens is 298 g/mol. The van der Waals surface area contributed by atoms with Gasteiger partial charge in [-0.05, 0) is 42.7 Å². The minimum absolute atomic E-state index is 0.0770. The maximum atomic E-state index is 12.4. The third kappa shape index (κ3) is 3.74. The van der Waals surface area contributed by atoms with Gasteiger partial charge in [-0.25, -0.2) is 8.42 Å². The van der Waals surface area contributed by atoms with Gasteiger partial charge in [-0.2, -0.15) is 0 Å². The Morgan fingerprint density at radius 2 is 1.68 bits per heavy atom. The highest BCUT2D eigenvalue weighted by molar-refractivity contribution is 7.92. The summed E-state index contributed by atoms with van der Waals surface area (Å²) in [5, 5.41) is 0. The molecule has 4 nitrogen and oxygen atoms in total. The van der Waals surface area contributed by atoms with Crippen LogP contribution in [-0.4, -0.2) is 14.2 Å². The smallest absolute Gasteiger partial charge is 0.261 e. The minimum atomic E-state index is -3.70. The van der Waals surface area contributed by atoms with Gasteiger partial charge in [-0.1, -0.05) is 38.1 Å². The number of rotatable bonds is 5. The molecule has 2 aromatic carbocycles. The zero-order chi connectivity index (χ0) is 16.3. The summed E-state index contributed by atoms with van der Waals surface area (Å²) in [6.07, 6.45) is 0. The van der Waals surface area contributed by atoms with Crippen LogP contribution in [0.15, 0.2) is 53.4 Å². The van der Waals surface area contributed by atoms with Crippen LogP contribution < -0.4 is 4.72 Å². The fourth-order valence-corrected chi connectivity index (χ4v) is 3.14. The standard InChI is InChI=1S/C17H19NO3S/c1-12(2)14-7-9-16(10-8-14)18-22(20,21)17-6-4-5-15(11-17)13(3)19/h4-12,18H,1-3H3. The van der Waals surface area contributed by atoms with E-state index in [0.29, 0.717) is 17.2 Å². The zero-order valence-corrected chi connectivity index (χ0v) is 13.6. The van der Waals surface area contributed by atoms with Crippen LogP contribution >= 0.6 is 0 Å². The molecule has 0 spiro atoms. The number of sulfonamides is 1. The molecule has 0 heterocycles. The number of carbonyl (C=O) groups is 1. The quantitative estimate of drug-likeness (QED) is 0.853. The van der Waals surface area contributed by atoms with Gasteiger partial charge in [0.15, 0.2) is 5.78 Å². The van der Waals surface area contributed by atoms with E-state index in [4.69, 9.17) is 0 Å². The maximum absolute atomic E-state index is 12.4. The molecule has 0 radical (unpaired) electrons.